The number of hydrogen-bond acceptors (Lipinski definition) is 2. The summed E-state index contributed by atoms with van der Waals surface area (Å²) in [6, 6.07) is 1.71. The van der Waals surface area contributed by atoms with Gasteiger partial charge in [-0.3, -0.25) is 4.98 Å². The van der Waals surface area contributed by atoms with Gasteiger partial charge in [0, 0.05) is 29.9 Å². The molecule has 0 fully saturated rings. The monoisotopic (exact) mass is 315 g/mol. The Morgan fingerprint density at radius 3 is 2.87 bits per heavy atom. The molecule has 2 rings (SSSR count). The lowest BCUT2D eigenvalue weighted by atomic mass is 9.94. The third kappa shape index (κ3) is 3.70. The zero-order chi connectivity index (χ0) is 16.8. The Hall–Kier alpha value is -1.94. The molecule has 0 aliphatic carbocycles. The molecule has 0 aromatic carbocycles. The van der Waals surface area contributed by atoms with Crippen LogP contribution in [0.2, 0.25) is 0 Å². The number of aromatic amines is 1. The van der Waals surface area contributed by atoms with Crippen LogP contribution in [-0.2, 0) is 0 Å². The van der Waals surface area contributed by atoms with Gasteiger partial charge < -0.3 is 10.3 Å². The summed E-state index contributed by atoms with van der Waals surface area (Å²) in [4.78, 5) is 7.31. The van der Waals surface area contributed by atoms with Gasteiger partial charge in [0.15, 0.2) is 5.82 Å². The van der Waals surface area contributed by atoms with E-state index >= 15 is 0 Å². The molecule has 1 atom stereocenters. The molecule has 0 bridgehead atoms. The quantitative estimate of drug-likeness (QED) is 0.744. The van der Waals surface area contributed by atoms with E-state index in [0.29, 0.717) is 11.5 Å². The van der Waals surface area contributed by atoms with E-state index in [-0.39, 0.29) is 5.82 Å². The third-order valence-corrected chi connectivity index (χ3v) is 4.34. The third-order valence-electron chi connectivity index (χ3n) is 4.34. The maximum atomic E-state index is 14.1. The minimum absolute atomic E-state index is 0.308. The Morgan fingerprint density at radius 1 is 1.48 bits per heavy atom. The number of halogens is 1. The Bertz CT molecular complexity index is 661. The summed E-state index contributed by atoms with van der Waals surface area (Å²) in [6.45, 7) is 9.06. The molecule has 0 aliphatic heterocycles. The molecule has 0 saturated heterocycles. The highest BCUT2D eigenvalue weighted by molar-refractivity contribution is 5.72. The molecule has 2 aromatic rings. The number of hydrogen-bond donors (Lipinski definition) is 2. The lowest BCUT2D eigenvalue weighted by molar-refractivity contribution is 0.546. The first-order valence-electron chi connectivity index (χ1n) is 8.23. The van der Waals surface area contributed by atoms with Gasteiger partial charge in [0.2, 0.25) is 0 Å². The molecule has 1 unspecified atom stereocenters. The molecular formula is C19H26FN3. The van der Waals surface area contributed by atoms with E-state index in [1.54, 1.807) is 12.3 Å². The second kappa shape index (κ2) is 8.06. The standard InChI is InChI=1S/C19H26FN3/c1-5-7-8-14(11-21-4)19-15(6-2)13(3)18(23-19)16-9-10-22-12-17(16)20/h6,9-10,12,14,21,23H,2,5,7-8,11H2,1,3-4H3. The predicted molar refractivity (Wildman–Crippen MR) is 95.0 cm³/mol. The van der Waals surface area contributed by atoms with E-state index < -0.39 is 0 Å². The molecule has 23 heavy (non-hydrogen) atoms. The minimum atomic E-state index is -0.308. The summed E-state index contributed by atoms with van der Waals surface area (Å²) in [5.74, 6) is 0.0584. The van der Waals surface area contributed by atoms with Crippen LogP contribution in [-0.4, -0.2) is 23.6 Å². The number of rotatable bonds is 8. The van der Waals surface area contributed by atoms with Crippen LogP contribution in [0.15, 0.2) is 25.0 Å². The molecule has 2 aromatic heterocycles. The maximum absolute atomic E-state index is 14.1. The SMILES string of the molecule is C=Cc1c(C(CCCC)CNC)[nH]c(-c2ccncc2F)c1C. The Balaban J connectivity index is 2.50. The molecule has 0 saturated carbocycles. The van der Waals surface area contributed by atoms with Crippen molar-refractivity contribution in [2.24, 2.45) is 0 Å². The average molecular weight is 315 g/mol. The van der Waals surface area contributed by atoms with Gasteiger partial charge in [-0.1, -0.05) is 32.4 Å². The van der Waals surface area contributed by atoms with Crippen molar-refractivity contribution in [1.82, 2.24) is 15.3 Å². The van der Waals surface area contributed by atoms with E-state index in [1.165, 1.54) is 12.6 Å². The smallest absolute Gasteiger partial charge is 0.150 e. The Kier molecular flexibility index (Phi) is 6.11. The predicted octanol–water partition coefficient (Wildman–Crippen LogP) is 4.66. The molecule has 3 nitrogen and oxygen atoms in total. The van der Waals surface area contributed by atoms with Crippen molar-refractivity contribution in [1.29, 1.82) is 0 Å². The van der Waals surface area contributed by atoms with E-state index in [0.717, 1.165) is 41.9 Å². The van der Waals surface area contributed by atoms with Gasteiger partial charge in [0.1, 0.15) is 0 Å². The largest absolute Gasteiger partial charge is 0.357 e. The van der Waals surface area contributed by atoms with Crippen LogP contribution in [0.25, 0.3) is 17.3 Å². The molecule has 4 heteroatoms. The van der Waals surface area contributed by atoms with E-state index in [1.807, 2.05) is 20.0 Å². The van der Waals surface area contributed by atoms with Crippen molar-refractivity contribution in [3.8, 4) is 11.3 Å². The molecule has 2 heterocycles. The second-order valence-corrected chi connectivity index (χ2v) is 5.91. The summed E-state index contributed by atoms with van der Waals surface area (Å²) in [5.41, 5.74) is 4.66. The number of nitrogens with one attached hydrogen (secondary N) is 2. The normalized spacial score (nSPS) is 12.3. The van der Waals surface area contributed by atoms with Crippen molar-refractivity contribution in [3.63, 3.8) is 0 Å². The lowest BCUT2D eigenvalue weighted by Gasteiger charge is -2.16. The summed E-state index contributed by atoms with van der Waals surface area (Å²) in [7, 11) is 1.96. The highest BCUT2D eigenvalue weighted by Crippen LogP contribution is 2.34. The minimum Gasteiger partial charge on any atom is -0.357 e. The van der Waals surface area contributed by atoms with Gasteiger partial charge in [-0.05, 0) is 37.6 Å². The average Bonchev–Trinajstić information content (AvgIpc) is 2.88. The van der Waals surface area contributed by atoms with Crippen LogP contribution in [0.4, 0.5) is 4.39 Å². The van der Waals surface area contributed by atoms with Crippen molar-refractivity contribution in [3.05, 3.63) is 47.7 Å². The molecule has 124 valence electrons. The number of nitrogens with zero attached hydrogens (tertiary/aromatic N) is 1. The topological polar surface area (TPSA) is 40.7 Å². The Labute approximate surface area is 138 Å². The fraction of sp³-hybridized carbons (Fsp3) is 0.421. The van der Waals surface area contributed by atoms with Crippen LogP contribution in [0.3, 0.4) is 0 Å². The number of pyridine rings is 1. The van der Waals surface area contributed by atoms with Crippen molar-refractivity contribution in [2.45, 2.75) is 39.0 Å². The van der Waals surface area contributed by atoms with E-state index in [9.17, 15) is 4.39 Å². The van der Waals surface area contributed by atoms with Gasteiger partial charge in [0.05, 0.1) is 11.9 Å². The lowest BCUT2D eigenvalue weighted by Crippen LogP contribution is -2.18. The molecular weight excluding hydrogens is 289 g/mol. The molecule has 0 radical (unpaired) electrons. The van der Waals surface area contributed by atoms with Crippen LogP contribution in [0, 0.1) is 12.7 Å². The molecule has 2 N–H and O–H groups in total. The van der Waals surface area contributed by atoms with Crippen molar-refractivity contribution in [2.75, 3.05) is 13.6 Å². The zero-order valence-electron chi connectivity index (χ0n) is 14.2. The van der Waals surface area contributed by atoms with Gasteiger partial charge in [-0.15, -0.1) is 0 Å². The first-order chi connectivity index (χ1) is 11.1. The number of aromatic nitrogens is 2. The zero-order valence-corrected chi connectivity index (χ0v) is 14.2. The number of H-pyrrole nitrogens is 1. The Morgan fingerprint density at radius 2 is 2.26 bits per heavy atom. The van der Waals surface area contributed by atoms with Crippen LogP contribution >= 0.6 is 0 Å². The summed E-state index contributed by atoms with van der Waals surface area (Å²) < 4.78 is 14.1. The fourth-order valence-electron chi connectivity index (χ4n) is 3.11. The second-order valence-electron chi connectivity index (χ2n) is 5.91. The highest BCUT2D eigenvalue weighted by Gasteiger charge is 2.21. The van der Waals surface area contributed by atoms with Crippen LogP contribution < -0.4 is 5.32 Å². The summed E-state index contributed by atoms with van der Waals surface area (Å²) in [5, 5.41) is 3.27. The van der Waals surface area contributed by atoms with Gasteiger partial charge in [0.25, 0.3) is 0 Å². The van der Waals surface area contributed by atoms with Gasteiger partial charge in [-0.25, -0.2) is 4.39 Å². The first kappa shape index (κ1) is 17.4. The van der Waals surface area contributed by atoms with Crippen LogP contribution in [0.5, 0.6) is 0 Å². The van der Waals surface area contributed by atoms with Crippen molar-refractivity contribution < 1.29 is 4.39 Å². The first-order valence-corrected chi connectivity index (χ1v) is 8.23. The number of unbranched alkanes of at least 4 members (excludes halogenated alkanes) is 1. The van der Waals surface area contributed by atoms with Crippen molar-refractivity contribution >= 4 is 6.08 Å². The highest BCUT2D eigenvalue weighted by atomic mass is 19.1. The molecule has 0 spiro atoms. The molecule has 0 amide bonds. The van der Waals surface area contributed by atoms with Gasteiger partial charge >= 0.3 is 0 Å². The molecule has 0 aliphatic rings. The summed E-state index contributed by atoms with van der Waals surface area (Å²) >= 11 is 0. The fourth-order valence-corrected chi connectivity index (χ4v) is 3.11. The van der Waals surface area contributed by atoms with E-state index in [4.69, 9.17) is 0 Å². The van der Waals surface area contributed by atoms with Crippen LogP contribution in [0.1, 0.15) is 48.9 Å². The van der Waals surface area contributed by atoms with E-state index in [2.05, 4.69) is 28.8 Å². The maximum Gasteiger partial charge on any atom is 0.150 e. The number of likely N-dealkylation sites (N-methyl/N-ethyl adjacent to an activating group) is 1. The van der Waals surface area contributed by atoms with Gasteiger partial charge in [-0.2, -0.15) is 0 Å². The summed E-state index contributed by atoms with van der Waals surface area (Å²) in [6.07, 6.45) is 8.17.